The third-order valence-electron chi connectivity index (χ3n) is 2.09. The molecule has 0 heterocycles. The van der Waals surface area contributed by atoms with Gasteiger partial charge >= 0.3 is 5.97 Å². The van der Waals surface area contributed by atoms with E-state index in [1.165, 1.54) is 7.11 Å². The predicted molar refractivity (Wildman–Crippen MR) is 61.8 cm³/mol. The Morgan fingerprint density at radius 3 is 2.67 bits per heavy atom. The Hall–Kier alpha value is -0.740. The topological polar surface area (TPSA) is 46.5 Å². The van der Waals surface area contributed by atoms with E-state index in [9.17, 15) is 4.79 Å². The van der Waals surface area contributed by atoms with Crippen LogP contribution in [0.5, 0.6) is 5.75 Å². The number of halogens is 2. The Kier molecular flexibility index (Phi) is 3.99. The molecule has 0 spiro atoms. The SMILES string of the molecule is COc1cc(Cl)cc(C(C)C(=O)O)c1Br. The molecule has 5 heteroatoms. The van der Waals surface area contributed by atoms with E-state index in [4.69, 9.17) is 21.4 Å². The second-order valence-electron chi connectivity index (χ2n) is 3.07. The van der Waals surface area contributed by atoms with Crippen molar-refractivity contribution in [2.75, 3.05) is 7.11 Å². The summed E-state index contributed by atoms with van der Waals surface area (Å²) in [6.07, 6.45) is 0. The van der Waals surface area contributed by atoms with Gasteiger partial charge in [-0.05, 0) is 40.5 Å². The van der Waals surface area contributed by atoms with Crippen molar-refractivity contribution in [3.63, 3.8) is 0 Å². The molecule has 82 valence electrons. The smallest absolute Gasteiger partial charge is 0.310 e. The Morgan fingerprint density at radius 1 is 1.60 bits per heavy atom. The van der Waals surface area contributed by atoms with Crippen molar-refractivity contribution in [1.29, 1.82) is 0 Å². The van der Waals surface area contributed by atoms with Crippen LogP contribution in [0, 0.1) is 0 Å². The number of rotatable bonds is 3. The minimum atomic E-state index is -0.903. The van der Waals surface area contributed by atoms with Gasteiger partial charge in [0.15, 0.2) is 0 Å². The number of benzene rings is 1. The van der Waals surface area contributed by atoms with E-state index in [0.29, 0.717) is 20.8 Å². The summed E-state index contributed by atoms with van der Waals surface area (Å²) in [6.45, 7) is 1.60. The molecule has 0 amide bonds. The zero-order chi connectivity index (χ0) is 11.6. The van der Waals surface area contributed by atoms with Gasteiger partial charge in [-0.25, -0.2) is 0 Å². The first-order valence-corrected chi connectivity index (χ1v) is 5.40. The van der Waals surface area contributed by atoms with Gasteiger partial charge in [0.1, 0.15) is 5.75 Å². The fourth-order valence-electron chi connectivity index (χ4n) is 1.18. The van der Waals surface area contributed by atoms with Crippen molar-refractivity contribution in [2.45, 2.75) is 12.8 Å². The maximum Gasteiger partial charge on any atom is 0.310 e. The van der Waals surface area contributed by atoms with E-state index in [-0.39, 0.29) is 0 Å². The molecule has 0 saturated heterocycles. The largest absolute Gasteiger partial charge is 0.496 e. The fourth-order valence-corrected chi connectivity index (χ4v) is 2.13. The minimum absolute atomic E-state index is 0.457. The van der Waals surface area contributed by atoms with Gasteiger partial charge < -0.3 is 9.84 Å². The summed E-state index contributed by atoms with van der Waals surface area (Å²) in [5.41, 5.74) is 0.604. The van der Waals surface area contributed by atoms with Gasteiger partial charge in [-0.3, -0.25) is 4.79 Å². The Bertz CT molecular complexity index is 392. The Labute approximate surface area is 101 Å². The average Bonchev–Trinajstić information content (AvgIpc) is 2.19. The Balaban J connectivity index is 3.28. The third kappa shape index (κ3) is 2.63. The monoisotopic (exact) mass is 292 g/mol. The first kappa shape index (κ1) is 12.3. The average molecular weight is 294 g/mol. The number of aliphatic carboxylic acids is 1. The number of hydrogen-bond donors (Lipinski definition) is 1. The molecule has 1 atom stereocenters. The molecule has 3 nitrogen and oxygen atoms in total. The molecule has 15 heavy (non-hydrogen) atoms. The molecule has 0 aliphatic heterocycles. The number of ether oxygens (including phenoxy) is 1. The van der Waals surface area contributed by atoms with E-state index >= 15 is 0 Å². The summed E-state index contributed by atoms with van der Waals surface area (Å²) in [4.78, 5) is 10.9. The highest BCUT2D eigenvalue weighted by Crippen LogP contribution is 2.36. The molecule has 0 aromatic heterocycles. The van der Waals surface area contributed by atoms with Gasteiger partial charge in [0.25, 0.3) is 0 Å². The van der Waals surface area contributed by atoms with Crippen LogP contribution in [-0.2, 0) is 4.79 Å². The lowest BCUT2D eigenvalue weighted by molar-refractivity contribution is -0.138. The lowest BCUT2D eigenvalue weighted by Gasteiger charge is -2.13. The lowest BCUT2D eigenvalue weighted by Crippen LogP contribution is -2.08. The van der Waals surface area contributed by atoms with E-state index in [0.717, 1.165) is 0 Å². The normalized spacial score (nSPS) is 12.3. The van der Waals surface area contributed by atoms with Gasteiger partial charge in [0, 0.05) is 5.02 Å². The zero-order valence-electron chi connectivity index (χ0n) is 8.25. The molecule has 1 aromatic carbocycles. The van der Waals surface area contributed by atoms with E-state index < -0.39 is 11.9 Å². The van der Waals surface area contributed by atoms with Gasteiger partial charge in [-0.2, -0.15) is 0 Å². The number of carbonyl (C=O) groups is 1. The van der Waals surface area contributed by atoms with Crippen LogP contribution < -0.4 is 4.74 Å². The van der Waals surface area contributed by atoms with Crippen LogP contribution in [0.4, 0.5) is 0 Å². The van der Waals surface area contributed by atoms with Crippen molar-refractivity contribution in [2.24, 2.45) is 0 Å². The number of carboxylic acids is 1. The maximum absolute atomic E-state index is 10.9. The highest BCUT2D eigenvalue weighted by molar-refractivity contribution is 9.10. The van der Waals surface area contributed by atoms with E-state index in [1.54, 1.807) is 19.1 Å². The summed E-state index contributed by atoms with van der Waals surface area (Å²) < 4.78 is 5.70. The first-order chi connectivity index (χ1) is 6.97. The van der Waals surface area contributed by atoms with Crippen molar-refractivity contribution < 1.29 is 14.6 Å². The molecule has 1 unspecified atom stereocenters. The van der Waals surface area contributed by atoms with Crippen molar-refractivity contribution in [3.8, 4) is 5.75 Å². The Morgan fingerprint density at radius 2 is 2.20 bits per heavy atom. The standard InChI is InChI=1S/C10H10BrClO3/c1-5(10(13)14)7-3-6(12)4-8(15-2)9(7)11/h3-5H,1-2H3,(H,13,14). The highest BCUT2D eigenvalue weighted by Gasteiger charge is 2.19. The van der Waals surface area contributed by atoms with Crippen LogP contribution in [0.15, 0.2) is 16.6 Å². The second-order valence-corrected chi connectivity index (χ2v) is 4.30. The number of methoxy groups -OCH3 is 1. The molecule has 0 radical (unpaired) electrons. The fraction of sp³-hybridized carbons (Fsp3) is 0.300. The summed E-state index contributed by atoms with van der Waals surface area (Å²) >= 11 is 9.15. The predicted octanol–water partition coefficient (Wildman–Crippen LogP) is 3.30. The molecule has 1 N–H and O–H groups in total. The lowest BCUT2D eigenvalue weighted by atomic mass is 10.0. The summed E-state index contributed by atoms with van der Waals surface area (Å²) in [6, 6.07) is 3.25. The molecule has 0 bridgehead atoms. The van der Waals surface area contributed by atoms with Crippen LogP contribution >= 0.6 is 27.5 Å². The van der Waals surface area contributed by atoms with Crippen molar-refractivity contribution >= 4 is 33.5 Å². The van der Waals surface area contributed by atoms with Gasteiger partial charge in [0.2, 0.25) is 0 Å². The summed E-state index contributed by atoms with van der Waals surface area (Å²) in [5, 5.41) is 9.37. The molecule has 1 aromatic rings. The van der Waals surface area contributed by atoms with Crippen LogP contribution in [0.1, 0.15) is 18.4 Å². The minimum Gasteiger partial charge on any atom is -0.496 e. The molecule has 1 rings (SSSR count). The zero-order valence-corrected chi connectivity index (χ0v) is 10.6. The number of carboxylic acid groups (broad SMARTS) is 1. The molecule has 0 aliphatic carbocycles. The van der Waals surface area contributed by atoms with Gasteiger partial charge in [-0.15, -0.1) is 0 Å². The van der Waals surface area contributed by atoms with Gasteiger partial charge in [-0.1, -0.05) is 11.6 Å². The molecule has 0 aliphatic rings. The van der Waals surface area contributed by atoms with Crippen LogP contribution in [0.25, 0.3) is 0 Å². The van der Waals surface area contributed by atoms with E-state index in [2.05, 4.69) is 15.9 Å². The summed E-state index contributed by atoms with van der Waals surface area (Å²) in [7, 11) is 1.51. The van der Waals surface area contributed by atoms with Crippen molar-refractivity contribution in [3.05, 3.63) is 27.2 Å². The molecular weight excluding hydrogens is 283 g/mol. The van der Waals surface area contributed by atoms with E-state index in [1.807, 2.05) is 0 Å². The molecule has 0 saturated carbocycles. The van der Waals surface area contributed by atoms with Crippen LogP contribution in [0.3, 0.4) is 0 Å². The second kappa shape index (κ2) is 4.86. The highest BCUT2D eigenvalue weighted by atomic mass is 79.9. The summed E-state index contributed by atoms with van der Waals surface area (Å²) in [5.74, 6) is -1.00. The third-order valence-corrected chi connectivity index (χ3v) is 3.16. The number of hydrogen-bond acceptors (Lipinski definition) is 2. The van der Waals surface area contributed by atoms with Crippen LogP contribution in [-0.4, -0.2) is 18.2 Å². The van der Waals surface area contributed by atoms with Crippen LogP contribution in [0.2, 0.25) is 5.02 Å². The first-order valence-electron chi connectivity index (χ1n) is 4.23. The molecule has 0 fully saturated rings. The van der Waals surface area contributed by atoms with Gasteiger partial charge in [0.05, 0.1) is 17.5 Å². The van der Waals surface area contributed by atoms with Crippen molar-refractivity contribution in [1.82, 2.24) is 0 Å². The maximum atomic E-state index is 10.9. The molecular formula is C10H10BrClO3. The quantitative estimate of drug-likeness (QED) is 0.930.